The molecule has 5 heterocycles. The van der Waals surface area contributed by atoms with Crippen LogP contribution >= 0.6 is 0 Å². The Labute approximate surface area is 154 Å². The van der Waals surface area contributed by atoms with Gasteiger partial charge in [0.15, 0.2) is 5.88 Å². The summed E-state index contributed by atoms with van der Waals surface area (Å²) >= 11 is 0. The minimum absolute atomic E-state index is 0.0988. The van der Waals surface area contributed by atoms with Crippen molar-refractivity contribution in [2.75, 3.05) is 31.1 Å². The van der Waals surface area contributed by atoms with Crippen molar-refractivity contribution < 1.29 is 9.21 Å². The first-order valence-electron chi connectivity index (χ1n) is 9.80. The Morgan fingerprint density at radius 1 is 1.31 bits per heavy atom. The van der Waals surface area contributed by atoms with Gasteiger partial charge in [-0.15, -0.1) is 0 Å². The molecule has 0 saturated carbocycles. The van der Waals surface area contributed by atoms with E-state index in [4.69, 9.17) is 4.42 Å². The summed E-state index contributed by atoms with van der Waals surface area (Å²) in [6, 6.07) is 4.37. The topological polar surface area (TPSA) is 61.6 Å². The molecule has 140 valence electrons. The van der Waals surface area contributed by atoms with Crippen molar-refractivity contribution in [3.05, 3.63) is 24.0 Å². The van der Waals surface area contributed by atoms with Gasteiger partial charge in [0.2, 0.25) is 0 Å². The highest BCUT2D eigenvalue weighted by Crippen LogP contribution is 2.32. The molecule has 0 aliphatic carbocycles. The summed E-state index contributed by atoms with van der Waals surface area (Å²) < 4.78 is 5.96. The van der Waals surface area contributed by atoms with E-state index in [0.717, 1.165) is 37.4 Å². The number of rotatable bonds is 5. The van der Waals surface area contributed by atoms with E-state index < -0.39 is 0 Å². The lowest BCUT2D eigenvalue weighted by Crippen LogP contribution is -2.62. The highest BCUT2D eigenvalue weighted by Gasteiger charge is 2.40. The molecule has 2 bridgehead atoms. The average molecular weight is 356 g/mol. The Morgan fingerprint density at radius 2 is 2.04 bits per heavy atom. The van der Waals surface area contributed by atoms with Gasteiger partial charge < -0.3 is 14.6 Å². The summed E-state index contributed by atoms with van der Waals surface area (Å²) in [4.78, 5) is 21.8. The third-order valence-electron chi connectivity index (χ3n) is 6.17. The van der Waals surface area contributed by atoms with E-state index >= 15 is 0 Å². The molecule has 0 spiro atoms. The maximum Gasteiger partial charge on any atom is 0.270 e. The quantitative estimate of drug-likeness (QED) is 0.893. The number of amides is 1. The number of hydrogen-bond donors (Lipinski definition) is 1. The van der Waals surface area contributed by atoms with E-state index in [1.54, 1.807) is 12.3 Å². The summed E-state index contributed by atoms with van der Waals surface area (Å²) in [5.74, 6) is 1.31. The molecule has 3 aliphatic heterocycles. The molecule has 5 rings (SSSR count). The van der Waals surface area contributed by atoms with Crippen LogP contribution in [0.2, 0.25) is 0 Å². The van der Waals surface area contributed by atoms with Crippen molar-refractivity contribution in [1.82, 2.24) is 15.2 Å². The second-order valence-corrected chi connectivity index (χ2v) is 7.48. The first-order chi connectivity index (χ1) is 12.6. The molecule has 3 aliphatic rings. The van der Waals surface area contributed by atoms with Gasteiger partial charge in [0, 0.05) is 48.9 Å². The molecular weight excluding hydrogens is 328 g/mol. The number of aromatic nitrogens is 1. The summed E-state index contributed by atoms with van der Waals surface area (Å²) in [5.41, 5.74) is 1.15. The zero-order valence-electron chi connectivity index (χ0n) is 15.9. The van der Waals surface area contributed by atoms with Crippen molar-refractivity contribution in [2.45, 2.75) is 45.7 Å². The van der Waals surface area contributed by atoms with Crippen molar-refractivity contribution in [2.24, 2.45) is 5.92 Å². The molecule has 3 saturated heterocycles. The highest BCUT2D eigenvalue weighted by atomic mass is 16.4. The van der Waals surface area contributed by atoms with Crippen LogP contribution in [-0.4, -0.2) is 54.1 Å². The molecule has 1 N–H and O–H groups in total. The van der Waals surface area contributed by atoms with E-state index in [1.807, 2.05) is 6.07 Å². The van der Waals surface area contributed by atoms with Crippen LogP contribution in [0, 0.1) is 5.92 Å². The number of furan rings is 1. The molecule has 2 aromatic rings. The van der Waals surface area contributed by atoms with E-state index in [-0.39, 0.29) is 11.9 Å². The fourth-order valence-corrected chi connectivity index (χ4v) is 4.51. The van der Waals surface area contributed by atoms with Crippen LogP contribution in [0.4, 0.5) is 5.88 Å². The first kappa shape index (κ1) is 17.3. The van der Waals surface area contributed by atoms with Gasteiger partial charge in [-0.05, 0) is 52.6 Å². The molecule has 2 unspecified atom stereocenters. The average Bonchev–Trinajstić information content (AvgIpc) is 3.08. The summed E-state index contributed by atoms with van der Waals surface area (Å²) in [5, 5.41) is 4.17. The first-order valence-corrected chi connectivity index (χ1v) is 9.80. The summed E-state index contributed by atoms with van der Waals surface area (Å²) in [6.45, 7) is 10.5. The normalized spacial score (nSPS) is 27.7. The van der Waals surface area contributed by atoms with Crippen LogP contribution < -0.4 is 10.2 Å². The Kier molecular flexibility index (Phi) is 4.61. The van der Waals surface area contributed by atoms with Crippen molar-refractivity contribution >= 4 is 22.8 Å². The highest BCUT2D eigenvalue weighted by molar-refractivity contribution is 5.95. The predicted octanol–water partition coefficient (Wildman–Crippen LogP) is 2.89. The molecule has 6 heteroatoms. The number of hydrogen-bond acceptors (Lipinski definition) is 5. The van der Waals surface area contributed by atoms with Crippen molar-refractivity contribution in [3.8, 4) is 0 Å². The van der Waals surface area contributed by atoms with E-state index in [2.05, 4.69) is 40.9 Å². The van der Waals surface area contributed by atoms with Gasteiger partial charge in [0.1, 0.15) is 11.3 Å². The van der Waals surface area contributed by atoms with Gasteiger partial charge in [-0.2, -0.15) is 0 Å². The van der Waals surface area contributed by atoms with Crippen LogP contribution in [0.5, 0.6) is 0 Å². The number of carbonyl (C=O) groups excluding carboxylic acids is 1. The van der Waals surface area contributed by atoms with Gasteiger partial charge in [-0.25, -0.2) is 0 Å². The Morgan fingerprint density at radius 3 is 2.69 bits per heavy atom. The third-order valence-corrected chi connectivity index (χ3v) is 6.17. The zero-order valence-corrected chi connectivity index (χ0v) is 15.9. The molecule has 0 aromatic carbocycles. The third kappa shape index (κ3) is 2.96. The number of pyridine rings is 1. The lowest BCUT2D eigenvalue weighted by Gasteiger charge is -2.49. The number of fused-ring (bicyclic) bond motifs is 4. The molecule has 0 radical (unpaired) electrons. The van der Waals surface area contributed by atoms with Gasteiger partial charge in [-0.1, -0.05) is 0 Å². The number of piperidine rings is 3. The van der Waals surface area contributed by atoms with Crippen molar-refractivity contribution in [3.63, 3.8) is 0 Å². The minimum Gasteiger partial charge on any atom is -0.440 e. The lowest BCUT2D eigenvalue weighted by atomic mass is 9.79. The van der Waals surface area contributed by atoms with Crippen LogP contribution in [-0.2, 0) is 0 Å². The van der Waals surface area contributed by atoms with E-state index in [9.17, 15) is 4.79 Å². The minimum atomic E-state index is -0.0988. The zero-order chi connectivity index (χ0) is 18.3. The Hall–Kier alpha value is -2.08. The molecule has 2 atom stereocenters. The summed E-state index contributed by atoms with van der Waals surface area (Å²) in [6.07, 6.45) is 4.08. The molecule has 6 nitrogen and oxygen atoms in total. The maximum absolute atomic E-state index is 12.8. The van der Waals surface area contributed by atoms with Gasteiger partial charge in [0.05, 0.1) is 0 Å². The lowest BCUT2D eigenvalue weighted by molar-refractivity contribution is 0.0216. The molecule has 26 heavy (non-hydrogen) atoms. The monoisotopic (exact) mass is 356 g/mol. The maximum atomic E-state index is 12.8. The van der Waals surface area contributed by atoms with Crippen LogP contribution in [0.25, 0.3) is 11.0 Å². The number of carbonyl (C=O) groups is 1. The fourth-order valence-electron chi connectivity index (χ4n) is 4.51. The van der Waals surface area contributed by atoms with Gasteiger partial charge in [0.25, 0.3) is 5.91 Å². The van der Waals surface area contributed by atoms with Gasteiger partial charge in [-0.3, -0.25) is 14.7 Å². The van der Waals surface area contributed by atoms with E-state index in [1.165, 1.54) is 12.8 Å². The summed E-state index contributed by atoms with van der Waals surface area (Å²) in [7, 11) is 0. The molecule has 2 aromatic heterocycles. The fraction of sp³-hybridized carbons (Fsp3) is 0.600. The van der Waals surface area contributed by atoms with Gasteiger partial charge >= 0.3 is 0 Å². The molecule has 3 fully saturated rings. The van der Waals surface area contributed by atoms with Crippen LogP contribution in [0.15, 0.2) is 22.7 Å². The van der Waals surface area contributed by atoms with Crippen LogP contribution in [0.1, 0.15) is 44.1 Å². The smallest absolute Gasteiger partial charge is 0.270 e. The predicted molar refractivity (Wildman–Crippen MR) is 103 cm³/mol. The standard InChI is InChI=1S/C20H28N4O2/c1-4-23(5-2)18-10-15-12-21-16(11-17(15)26-18)20(25)22-19-13(3)24-8-6-14(19)7-9-24/h10-14,19H,4-9H2,1-3H3,(H,22,25). The number of nitrogens with zero attached hydrogens (tertiary/aromatic N) is 3. The van der Waals surface area contributed by atoms with Crippen LogP contribution in [0.3, 0.4) is 0 Å². The van der Waals surface area contributed by atoms with E-state index in [0.29, 0.717) is 23.2 Å². The largest absolute Gasteiger partial charge is 0.440 e. The Bertz CT molecular complexity index is 788. The number of nitrogens with one attached hydrogen (secondary N) is 1. The SMILES string of the molecule is CCN(CC)c1cc2cnc(C(=O)NC3C4CCN(CC4)C3C)cc2o1. The van der Waals surface area contributed by atoms with Crippen molar-refractivity contribution in [1.29, 1.82) is 0 Å². The number of anilines is 1. The molecular formula is C20H28N4O2. The second-order valence-electron chi connectivity index (χ2n) is 7.48. The second kappa shape index (κ2) is 6.91. The molecule has 1 amide bonds. The Balaban J connectivity index is 1.53.